The molecule has 2 aliphatic heterocycles. The number of nitrogens with one attached hydrogen (secondary N) is 2. The standard InChI is InChI=1S/C28H25Cl2F3N4O4S/c29-19-7-4-3-6-17(19)15-34-23(38)8-2-1-5-12-36-26(40)25-22(11-13-42-25)37(27(36)41)16-24(39)35-21-14-18(28(31,32)33)9-10-20(21)30/h3-4,6-7,9-11,13-14,25H,1-2,5,8,12,15-16H2,(H-,34,35,38,39)/p+1. The van der Waals surface area contributed by atoms with E-state index in [1.807, 2.05) is 12.1 Å². The average molecular weight is 643 g/mol. The molecule has 14 heteroatoms. The van der Waals surface area contributed by atoms with E-state index in [2.05, 4.69) is 10.6 Å². The maximum atomic E-state index is 13.3. The number of thioether (sulfide) groups is 1. The molecule has 2 N–H and O–H groups in total. The number of hydrogen-bond acceptors (Lipinski definition) is 5. The minimum Gasteiger partial charge on any atom is -0.352 e. The van der Waals surface area contributed by atoms with Gasteiger partial charge < -0.3 is 10.6 Å². The molecule has 1 unspecified atom stereocenters. The average Bonchev–Trinajstić information content (AvgIpc) is 3.43. The number of benzene rings is 2. The van der Waals surface area contributed by atoms with Crippen molar-refractivity contribution in [3.8, 4) is 0 Å². The van der Waals surface area contributed by atoms with Crippen LogP contribution in [0.3, 0.4) is 0 Å². The van der Waals surface area contributed by atoms with Gasteiger partial charge in [0.1, 0.15) is 5.71 Å². The summed E-state index contributed by atoms with van der Waals surface area (Å²) in [5.41, 5.74) is -0.105. The minimum absolute atomic E-state index is 0.0842. The zero-order valence-corrected chi connectivity index (χ0v) is 24.4. The van der Waals surface area contributed by atoms with Crippen LogP contribution in [-0.2, 0) is 27.1 Å². The lowest BCUT2D eigenvalue weighted by molar-refractivity contribution is -0.425. The molecule has 0 fully saturated rings. The fourth-order valence-electron chi connectivity index (χ4n) is 4.40. The Morgan fingerprint density at radius 2 is 1.76 bits per heavy atom. The maximum Gasteiger partial charge on any atom is 0.501 e. The summed E-state index contributed by atoms with van der Waals surface area (Å²) in [5.74, 6) is -1.34. The first-order chi connectivity index (χ1) is 20.0. The van der Waals surface area contributed by atoms with Gasteiger partial charge >= 0.3 is 18.1 Å². The molecule has 5 amide bonds. The van der Waals surface area contributed by atoms with Crippen molar-refractivity contribution in [1.82, 2.24) is 10.2 Å². The van der Waals surface area contributed by atoms with E-state index in [0.29, 0.717) is 42.6 Å². The molecule has 42 heavy (non-hydrogen) atoms. The van der Waals surface area contributed by atoms with E-state index in [-0.39, 0.29) is 29.6 Å². The summed E-state index contributed by atoms with van der Waals surface area (Å²) in [6, 6.07) is 9.03. The second-order valence-corrected chi connectivity index (χ2v) is 11.4. The molecule has 2 heterocycles. The van der Waals surface area contributed by atoms with E-state index in [1.54, 1.807) is 23.6 Å². The summed E-state index contributed by atoms with van der Waals surface area (Å²) < 4.78 is 40.5. The number of rotatable bonds is 11. The quantitative estimate of drug-likeness (QED) is 0.236. The van der Waals surface area contributed by atoms with Crippen LogP contribution in [-0.4, -0.2) is 57.3 Å². The molecule has 0 aliphatic carbocycles. The van der Waals surface area contributed by atoms with E-state index in [9.17, 15) is 32.3 Å². The fourth-order valence-corrected chi connectivity index (χ4v) is 5.74. The molecular weight excluding hydrogens is 616 g/mol. The second kappa shape index (κ2) is 13.7. The predicted octanol–water partition coefficient (Wildman–Crippen LogP) is 5.87. The Morgan fingerprint density at radius 3 is 2.50 bits per heavy atom. The first-order valence-corrected chi connectivity index (χ1v) is 14.6. The highest BCUT2D eigenvalue weighted by Gasteiger charge is 2.49. The third-order valence-corrected chi connectivity index (χ3v) is 8.28. The molecule has 2 aliphatic rings. The van der Waals surface area contributed by atoms with Crippen LogP contribution in [0.15, 0.2) is 53.9 Å². The monoisotopic (exact) mass is 641 g/mol. The first-order valence-electron chi connectivity index (χ1n) is 12.9. The van der Waals surface area contributed by atoms with Crippen molar-refractivity contribution in [2.75, 3.05) is 18.4 Å². The van der Waals surface area contributed by atoms with E-state index >= 15 is 0 Å². The van der Waals surface area contributed by atoms with Crippen LogP contribution in [0.25, 0.3) is 0 Å². The van der Waals surface area contributed by atoms with Crippen LogP contribution in [0, 0.1) is 0 Å². The molecule has 1 atom stereocenters. The van der Waals surface area contributed by atoms with Gasteiger partial charge in [-0.05, 0) is 60.6 Å². The SMILES string of the molecule is O=C(CCCCCN1C(=O)C2SC=CC2=[N+](CC(=O)Nc2cc(C(F)(F)F)ccc2Cl)C1=O)NCc1ccccc1Cl. The zero-order valence-electron chi connectivity index (χ0n) is 22.0. The highest BCUT2D eigenvalue weighted by molar-refractivity contribution is 8.04. The van der Waals surface area contributed by atoms with Crippen LogP contribution in [0.2, 0.25) is 10.0 Å². The Bertz CT molecular complexity index is 1460. The van der Waals surface area contributed by atoms with E-state index in [0.717, 1.165) is 27.2 Å². The van der Waals surface area contributed by atoms with Crippen molar-refractivity contribution in [3.05, 3.63) is 75.1 Å². The number of amides is 5. The van der Waals surface area contributed by atoms with Crippen molar-refractivity contribution in [2.24, 2.45) is 0 Å². The highest BCUT2D eigenvalue weighted by atomic mass is 35.5. The van der Waals surface area contributed by atoms with E-state index in [4.69, 9.17) is 23.2 Å². The van der Waals surface area contributed by atoms with E-state index < -0.39 is 41.4 Å². The smallest absolute Gasteiger partial charge is 0.352 e. The van der Waals surface area contributed by atoms with Gasteiger partial charge in [0.25, 0.3) is 5.91 Å². The van der Waals surface area contributed by atoms with Gasteiger partial charge in [0, 0.05) is 18.0 Å². The van der Waals surface area contributed by atoms with Crippen LogP contribution in [0.4, 0.5) is 23.7 Å². The number of allylic oxidation sites excluding steroid dienone is 1. The normalized spacial score (nSPS) is 16.6. The molecule has 0 aromatic heterocycles. The van der Waals surface area contributed by atoms with Gasteiger partial charge in [-0.1, -0.05) is 41.4 Å². The molecule has 0 spiro atoms. The lowest BCUT2D eigenvalue weighted by Crippen LogP contribution is -2.56. The molecule has 2 aromatic carbocycles. The van der Waals surface area contributed by atoms with Crippen molar-refractivity contribution >= 4 is 70.1 Å². The van der Waals surface area contributed by atoms with Crippen molar-refractivity contribution in [1.29, 1.82) is 0 Å². The summed E-state index contributed by atoms with van der Waals surface area (Å²) in [6.45, 7) is -0.136. The van der Waals surface area contributed by atoms with Gasteiger partial charge in [-0.3, -0.25) is 9.59 Å². The second-order valence-electron chi connectivity index (χ2n) is 9.52. The third-order valence-electron chi connectivity index (χ3n) is 6.57. The van der Waals surface area contributed by atoms with Crippen LogP contribution >= 0.6 is 35.0 Å². The van der Waals surface area contributed by atoms with Crippen LogP contribution in [0.1, 0.15) is 36.8 Å². The Kier molecular flexibility index (Phi) is 10.3. The van der Waals surface area contributed by atoms with E-state index in [1.165, 1.54) is 11.8 Å². The number of carbonyl (C=O) groups is 4. The first kappa shape index (κ1) is 31.6. The number of fused-ring (bicyclic) bond motifs is 1. The summed E-state index contributed by atoms with van der Waals surface area (Å²) in [6.07, 6.45) is -1.27. The fraction of sp³-hybridized carbons (Fsp3) is 0.321. The van der Waals surface area contributed by atoms with Gasteiger partial charge in [0.05, 0.1) is 22.8 Å². The maximum absolute atomic E-state index is 13.3. The van der Waals surface area contributed by atoms with Crippen LogP contribution < -0.4 is 10.6 Å². The Balaban J connectivity index is 1.31. The van der Waals surface area contributed by atoms with Gasteiger partial charge in [-0.15, -0.1) is 11.8 Å². The summed E-state index contributed by atoms with van der Waals surface area (Å²) in [7, 11) is 0. The van der Waals surface area contributed by atoms with Crippen molar-refractivity contribution < 1.29 is 36.9 Å². The lowest BCUT2D eigenvalue weighted by atomic mass is 10.1. The van der Waals surface area contributed by atoms with Gasteiger partial charge in [-0.2, -0.15) is 27.4 Å². The van der Waals surface area contributed by atoms with Crippen molar-refractivity contribution in [3.63, 3.8) is 0 Å². The molecule has 0 radical (unpaired) electrons. The number of anilines is 1. The molecule has 2 aromatic rings. The molecule has 4 rings (SSSR count). The molecular formula is C28H26Cl2F3N4O4S+. The van der Waals surface area contributed by atoms with Gasteiger partial charge in [0.2, 0.25) is 5.91 Å². The molecule has 8 nitrogen and oxygen atoms in total. The summed E-state index contributed by atoms with van der Waals surface area (Å²) >= 11 is 13.3. The number of urea groups is 1. The largest absolute Gasteiger partial charge is 0.501 e. The number of imide groups is 1. The lowest BCUT2D eigenvalue weighted by Gasteiger charge is -2.24. The molecule has 222 valence electrons. The molecule has 0 saturated carbocycles. The van der Waals surface area contributed by atoms with Gasteiger partial charge in [-0.25, -0.2) is 4.79 Å². The number of nitrogens with zero attached hydrogens (tertiary/aromatic N) is 2. The number of unbranched alkanes of at least 4 members (excludes halogenated alkanes) is 2. The zero-order chi connectivity index (χ0) is 30.4. The Hall–Kier alpha value is -3.35. The topological polar surface area (TPSA) is 98.6 Å². The highest BCUT2D eigenvalue weighted by Crippen LogP contribution is 2.34. The summed E-state index contributed by atoms with van der Waals surface area (Å²) in [4.78, 5) is 52.4. The number of hydrogen-bond donors (Lipinski definition) is 2. The van der Waals surface area contributed by atoms with Crippen molar-refractivity contribution in [2.45, 2.75) is 43.7 Å². The number of alkyl halides is 3. The molecule has 0 bridgehead atoms. The molecule has 0 saturated heterocycles. The summed E-state index contributed by atoms with van der Waals surface area (Å²) in [5, 5.41) is 6.53. The third kappa shape index (κ3) is 7.73. The van der Waals surface area contributed by atoms with Crippen LogP contribution in [0.5, 0.6) is 0 Å². The Labute approximate surface area is 253 Å². The Morgan fingerprint density at radius 1 is 1.00 bits per heavy atom. The number of halogens is 5. The minimum atomic E-state index is -4.64. The number of carbonyl (C=O) groups excluding carboxylic acids is 4. The van der Waals surface area contributed by atoms with Gasteiger partial charge in [0.15, 0.2) is 11.8 Å². The predicted molar refractivity (Wildman–Crippen MR) is 155 cm³/mol.